The number of aryl methyl sites for hydroxylation is 1. The van der Waals surface area contributed by atoms with E-state index in [0.29, 0.717) is 6.04 Å². The summed E-state index contributed by atoms with van der Waals surface area (Å²) in [7, 11) is 3.81. The van der Waals surface area contributed by atoms with Gasteiger partial charge >= 0.3 is 0 Å². The zero-order chi connectivity index (χ0) is 16.1. The summed E-state index contributed by atoms with van der Waals surface area (Å²) in [6, 6.07) is 13.6. The lowest BCUT2D eigenvalue weighted by atomic mass is 10.1. The minimum absolute atomic E-state index is 0.520. The Hall–Kier alpha value is -2.13. The quantitative estimate of drug-likeness (QED) is 0.788. The number of pyridine rings is 1. The molecule has 1 aliphatic rings. The van der Waals surface area contributed by atoms with Crippen molar-refractivity contribution in [2.45, 2.75) is 18.9 Å². The fourth-order valence-corrected chi connectivity index (χ4v) is 3.13. The number of methoxy groups -OCH3 is 1. The molecule has 0 bridgehead atoms. The van der Waals surface area contributed by atoms with Gasteiger partial charge in [0.25, 0.3) is 0 Å². The van der Waals surface area contributed by atoms with Crippen LogP contribution in [-0.4, -0.2) is 26.3 Å². The molecule has 2 heterocycles. The molecule has 1 aliphatic heterocycles. The molecule has 120 valence electrons. The summed E-state index contributed by atoms with van der Waals surface area (Å²) in [6.07, 6.45) is 10.9. The number of aromatic nitrogens is 1. The molecule has 3 nitrogen and oxygen atoms in total. The summed E-state index contributed by atoms with van der Waals surface area (Å²) in [6.45, 7) is 1.94. The van der Waals surface area contributed by atoms with Crippen molar-refractivity contribution in [2.24, 2.45) is 7.05 Å². The van der Waals surface area contributed by atoms with Gasteiger partial charge in [0, 0.05) is 31.5 Å². The molecule has 3 rings (SSSR count). The number of anilines is 1. The van der Waals surface area contributed by atoms with Gasteiger partial charge in [-0.1, -0.05) is 24.3 Å². The molecule has 1 fully saturated rings. The second kappa shape index (κ2) is 7.42. The lowest BCUT2D eigenvalue weighted by Gasteiger charge is -2.26. The SMILES string of the molecule is COCC1CCCN1c1ccc(/C=C/c2cc[n+](C)cc2)cc1. The Kier molecular flexibility index (Phi) is 5.09. The Labute approximate surface area is 138 Å². The molecule has 1 saturated heterocycles. The number of nitrogens with zero attached hydrogens (tertiary/aromatic N) is 2. The molecular weight excluding hydrogens is 284 g/mol. The van der Waals surface area contributed by atoms with Crippen LogP contribution in [0.5, 0.6) is 0 Å². The normalized spacial score (nSPS) is 18.0. The van der Waals surface area contributed by atoms with Crippen LogP contribution in [0.2, 0.25) is 0 Å². The van der Waals surface area contributed by atoms with Gasteiger partial charge in [-0.15, -0.1) is 0 Å². The maximum atomic E-state index is 5.34. The first kappa shape index (κ1) is 15.8. The van der Waals surface area contributed by atoms with E-state index in [0.717, 1.165) is 13.2 Å². The molecule has 3 heteroatoms. The van der Waals surface area contributed by atoms with Crippen LogP contribution in [0.3, 0.4) is 0 Å². The van der Waals surface area contributed by atoms with Crippen LogP contribution >= 0.6 is 0 Å². The van der Waals surface area contributed by atoms with Crippen molar-refractivity contribution in [3.8, 4) is 0 Å². The Morgan fingerprint density at radius 3 is 2.39 bits per heavy atom. The number of ether oxygens (including phenoxy) is 1. The molecule has 0 aliphatic carbocycles. The topological polar surface area (TPSA) is 16.4 Å². The van der Waals surface area contributed by atoms with Crippen molar-refractivity contribution in [1.29, 1.82) is 0 Å². The summed E-state index contributed by atoms with van der Waals surface area (Å²) in [5, 5.41) is 0. The Morgan fingerprint density at radius 1 is 1.09 bits per heavy atom. The molecular formula is C20H25N2O+. The van der Waals surface area contributed by atoms with Crippen molar-refractivity contribution in [3.63, 3.8) is 0 Å². The largest absolute Gasteiger partial charge is 0.383 e. The molecule has 0 saturated carbocycles. The zero-order valence-corrected chi connectivity index (χ0v) is 14.0. The van der Waals surface area contributed by atoms with E-state index in [1.807, 2.05) is 11.6 Å². The van der Waals surface area contributed by atoms with Gasteiger partial charge in [-0.2, -0.15) is 0 Å². The minimum atomic E-state index is 0.520. The molecule has 1 aromatic heterocycles. The maximum Gasteiger partial charge on any atom is 0.169 e. The Morgan fingerprint density at radius 2 is 1.74 bits per heavy atom. The van der Waals surface area contributed by atoms with Gasteiger partial charge in [0.1, 0.15) is 7.05 Å². The summed E-state index contributed by atoms with van der Waals surface area (Å²) in [5.41, 5.74) is 3.74. The first-order valence-electron chi connectivity index (χ1n) is 8.25. The van der Waals surface area contributed by atoms with Gasteiger partial charge < -0.3 is 9.64 Å². The van der Waals surface area contributed by atoms with E-state index in [1.54, 1.807) is 7.11 Å². The Balaban J connectivity index is 1.68. The summed E-state index contributed by atoms with van der Waals surface area (Å²) < 4.78 is 7.38. The predicted molar refractivity (Wildman–Crippen MR) is 95.2 cm³/mol. The van der Waals surface area contributed by atoms with Crippen LogP contribution in [-0.2, 0) is 11.8 Å². The molecule has 0 radical (unpaired) electrons. The fraction of sp³-hybridized carbons (Fsp3) is 0.350. The van der Waals surface area contributed by atoms with Gasteiger partial charge in [-0.05, 0) is 36.1 Å². The van der Waals surface area contributed by atoms with Crippen LogP contribution < -0.4 is 9.47 Å². The van der Waals surface area contributed by atoms with Crippen molar-refractivity contribution < 1.29 is 9.30 Å². The van der Waals surface area contributed by atoms with E-state index in [-0.39, 0.29) is 0 Å². The van der Waals surface area contributed by atoms with E-state index in [1.165, 1.54) is 29.7 Å². The Bertz CT molecular complexity index is 646. The van der Waals surface area contributed by atoms with Crippen LogP contribution in [0.1, 0.15) is 24.0 Å². The van der Waals surface area contributed by atoms with Crippen molar-refractivity contribution >= 4 is 17.8 Å². The standard InChI is InChI=1S/C20H25N2O/c1-21-14-11-18(12-15-21)6-5-17-7-9-19(10-8-17)22-13-3-4-20(22)16-23-2/h5-12,14-15,20H,3-4,13,16H2,1-2H3/q+1. The summed E-state index contributed by atoms with van der Waals surface area (Å²) in [5.74, 6) is 0. The van der Waals surface area contributed by atoms with Gasteiger partial charge in [-0.25, -0.2) is 4.57 Å². The number of benzene rings is 1. The van der Waals surface area contributed by atoms with Crippen molar-refractivity contribution in [3.05, 3.63) is 59.9 Å². The van der Waals surface area contributed by atoms with Crippen LogP contribution in [0, 0.1) is 0 Å². The van der Waals surface area contributed by atoms with E-state index in [9.17, 15) is 0 Å². The fourth-order valence-electron chi connectivity index (χ4n) is 3.13. The third-order valence-corrected chi connectivity index (χ3v) is 4.43. The molecule has 0 N–H and O–H groups in total. The van der Waals surface area contributed by atoms with Gasteiger partial charge in [0.05, 0.1) is 12.6 Å². The lowest BCUT2D eigenvalue weighted by molar-refractivity contribution is -0.671. The average molecular weight is 309 g/mol. The molecule has 2 aromatic rings. The van der Waals surface area contributed by atoms with Crippen LogP contribution in [0.4, 0.5) is 5.69 Å². The maximum absolute atomic E-state index is 5.34. The van der Waals surface area contributed by atoms with Gasteiger partial charge in [-0.3, -0.25) is 0 Å². The van der Waals surface area contributed by atoms with Crippen molar-refractivity contribution in [2.75, 3.05) is 25.2 Å². The third-order valence-electron chi connectivity index (χ3n) is 4.43. The highest BCUT2D eigenvalue weighted by Gasteiger charge is 2.24. The van der Waals surface area contributed by atoms with Crippen molar-refractivity contribution in [1.82, 2.24) is 0 Å². The third kappa shape index (κ3) is 3.99. The highest BCUT2D eigenvalue weighted by molar-refractivity contribution is 5.70. The number of hydrogen-bond acceptors (Lipinski definition) is 2. The minimum Gasteiger partial charge on any atom is -0.383 e. The van der Waals surface area contributed by atoms with Gasteiger partial charge in [0.2, 0.25) is 0 Å². The van der Waals surface area contributed by atoms with E-state index in [4.69, 9.17) is 4.74 Å². The first-order valence-corrected chi connectivity index (χ1v) is 8.25. The van der Waals surface area contributed by atoms with E-state index >= 15 is 0 Å². The highest BCUT2D eigenvalue weighted by Crippen LogP contribution is 2.26. The molecule has 1 unspecified atom stereocenters. The molecule has 23 heavy (non-hydrogen) atoms. The van der Waals surface area contributed by atoms with E-state index < -0.39 is 0 Å². The second-order valence-corrected chi connectivity index (χ2v) is 6.17. The zero-order valence-electron chi connectivity index (χ0n) is 14.0. The smallest absolute Gasteiger partial charge is 0.169 e. The molecule has 1 atom stereocenters. The second-order valence-electron chi connectivity index (χ2n) is 6.17. The first-order chi connectivity index (χ1) is 11.3. The molecule has 0 amide bonds. The molecule has 1 aromatic carbocycles. The monoisotopic (exact) mass is 309 g/mol. The average Bonchev–Trinajstić information content (AvgIpc) is 3.03. The summed E-state index contributed by atoms with van der Waals surface area (Å²) >= 11 is 0. The van der Waals surface area contributed by atoms with Crippen LogP contribution in [0.25, 0.3) is 12.2 Å². The van der Waals surface area contributed by atoms with Crippen LogP contribution in [0.15, 0.2) is 48.8 Å². The lowest BCUT2D eigenvalue weighted by Crippen LogP contribution is -2.32. The van der Waals surface area contributed by atoms with E-state index in [2.05, 4.69) is 65.8 Å². The highest BCUT2D eigenvalue weighted by atomic mass is 16.5. The van der Waals surface area contributed by atoms with Gasteiger partial charge in [0.15, 0.2) is 12.4 Å². The summed E-state index contributed by atoms with van der Waals surface area (Å²) in [4.78, 5) is 2.47. The predicted octanol–water partition coefficient (Wildman–Crippen LogP) is 3.30. The number of hydrogen-bond donors (Lipinski definition) is 0. The molecule has 0 spiro atoms. The number of rotatable bonds is 5.